The monoisotopic (exact) mass is 152 g/mol. The lowest BCUT2D eigenvalue weighted by Gasteiger charge is -2.18. The van der Waals surface area contributed by atoms with Gasteiger partial charge in [-0.25, -0.2) is 10.8 Å². The highest BCUT2D eigenvalue weighted by atomic mass is 16.3. The predicted octanol–water partition coefficient (Wildman–Crippen LogP) is -0.294. The van der Waals surface area contributed by atoms with Gasteiger partial charge in [-0.05, 0) is 0 Å². The van der Waals surface area contributed by atoms with Gasteiger partial charge in [-0.3, -0.25) is 0 Å². The highest BCUT2D eigenvalue weighted by Crippen LogP contribution is 2.18. The van der Waals surface area contributed by atoms with E-state index in [9.17, 15) is 0 Å². The lowest BCUT2D eigenvalue weighted by molar-refractivity contribution is 0.356. The summed E-state index contributed by atoms with van der Waals surface area (Å²) in [7, 11) is 0. The van der Waals surface area contributed by atoms with Crippen LogP contribution in [0.1, 0.15) is 5.69 Å². The molecule has 0 amide bonds. The predicted molar refractivity (Wildman–Crippen MR) is 39.0 cm³/mol. The van der Waals surface area contributed by atoms with Crippen LogP contribution in [0, 0.1) is 0 Å². The van der Waals surface area contributed by atoms with Gasteiger partial charge in [-0.1, -0.05) is 0 Å². The Morgan fingerprint density at radius 2 is 2.36 bits per heavy atom. The summed E-state index contributed by atoms with van der Waals surface area (Å²) in [6, 6.07) is 0. The quantitative estimate of drug-likeness (QED) is 0.501. The zero-order chi connectivity index (χ0) is 7.84. The number of nitrogens with zero attached hydrogens (tertiary/aromatic N) is 3. The normalized spacial score (nSPS) is 15.2. The van der Waals surface area contributed by atoms with E-state index in [0.29, 0.717) is 6.54 Å². The van der Waals surface area contributed by atoms with E-state index in [0.717, 1.165) is 5.69 Å². The second kappa shape index (κ2) is 2.00. The molecule has 0 saturated heterocycles. The Hall–Kier alpha value is -1.49. The van der Waals surface area contributed by atoms with Gasteiger partial charge < -0.3 is 14.7 Å². The van der Waals surface area contributed by atoms with Crippen LogP contribution in [0.3, 0.4) is 0 Å². The van der Waals surface area contributed by atoms with Crippen molar-refractivity contribution in [3.8, 4) is 5.88 Å². The summed E-state index contributed by atoms with van der Waals surface area (Å²) in [6.07, 6.45) is 5.01. The molecule has 1 aliphatic rings. The van der Waals surface area contributed by atoms with E-state index < -0.39 is 0 Å². The molecular formula is C6H8N4O. The lowest BCUT2D eigenvalue weighted by Crippen LogP contribution is -2.27. The zero-order valence-corrected chi connectivity index (χ0v) is 5.81. The molecule has 11 heavy (non-hydrogen) atoms. The van der Waals surface area contributed by atoms with Crippen LogP contribution in [-0.4, -0.2) is 19.7 Å². The third-order valence-corrected chi connectivity index (χ3v) is 1.63. The average Bonchev–Trinajstić information content (AvgIpc) is 2.33. The van der Waals surface area contributed by atoms with Crippen molar-refractivity contribution in [1.29, 1.82) is 0 Å². The minimum atomic E-state index is 0.0461. The van der Waals surface area contributed by atoms with Crippen LogP contribution in [0.25, 0.3) is 6.20 Å². The highest BCUT2D eigenvalue weighted by Gasteiger charge is 2.12. The van der Waals surface area contributed by atoms with Gasteiger partial charge in [-0.15, -0.1) is 0 Å². The maximum Gasteiger partial charge on any atom is 0.234 e. The molecule has 0 spiro atoms. The van der Waals surface area contributed by atoms with E-state index in [4.69, 9.17) is 10.9 Å². The standard InChI is InChI=1S/C6H8N4O/c7-10-2-1-9-4-8-6(11)5(9)3-10/h1-2,4,11H,3,7H2. The molecule has 1 aliphatic heterocycles. The first kappa shape index (κ1) is 6.23. The third-order valence-electron chi connectivity index (χ3n) is 1.63. The van der Waals surface area contributed by atoms with Gasteiger partial charge in [-0.2, -0.15) is 0 Å². The number of aromatic nitrogens is 2. The van der Waals surface area contributed by atoms with Gasteiger partial charge in [0.15, 0.2) is 0 Å². The van der Waals surface area contributed by atoms with Crippen molar-refractivity contribution >= 4 is 6.20 Å². The van der Waals surface area contributed by atoms with Crippen LogP contribution < -0.4 is 5.84 Å². The molecule has 1 aromatic heterocycles. The highest BCUT2D eigenvalue weighted by molar-refractivity contribution is 5.34. The summed E-state index contributed by atoms with van der Waals surface area (Å²) >= 11 is 0. The Bertz CT molecular complexity index is 304. The molecule has 2 rings (SSSR count). The van der Waals surface area contributed by atoms with Crippen molar-refractivity contribution in [3.05, 3.63) is 18.2 Å². The summed E-state index contributed by atoms with van der Waals surface area (Å²) in [5.74, 6) is 5.52. The minimum absolute atomic E-state index is 0.0461. The van der Waals surface area contributed by atoms with Crippen LogP contribution in [0.5, 0.6) is 5.88 Å². The molecule has 5 heteroatoms. The maximum absolute atomic E-state index is 9.17. The molecule has 58 valence electrons. The molecule has 0 bridgehead atoms. The van der Waals surface area contributed by atoms with Crippen molar-refractivity contribution in [2.24, 2.45) is 5.84 Å². The first-order valence-corrected chi connectivity index (χ1v) is 3.21. The fraction of sp³-hybridized carbons (Fsp3) is 0.167. The summed E-state index contributed by atoms with van der Waals surface area (Å²) in [6.45, 7) is 0.488. The first-order chi connectivity index (χ1) is 5.27. The Balaban J connectivity index is 2.48. The fourth-order valence-corrected chi connectivity index (χ4v) is 1.04. The molecule has 0 aliphatic carbocycles. The SMILES string of the molecule is NN1C=Cn2cnc(O)c2C1. The third kappa shape index (κ3) is 0.857. The number of imidazole rings is 1. The van der Waals surface area contributed by atoms with Crippen LogP contribution in [0.15, 0.2) is 12.5 Å². The molecule has 0 atom stereocenters. The number of hydrogen-bond donors (Lipinski definition) is 2. The second-order valence-electron chi connectivity index (χ2n) is 2.39. The number of rotatable bonds is 0. The molecule has 0 saturated carbocycles. The van der Waals surface area contributed by atoms with E-state index in [2.05, 4.69) is 4.98 Å². The summed E-state index contributed by atoms with van der Waals surface area (Å²) < 4.78 is 1.73. The molecule has 1 aromatic rings. The molecular weight excluding hydrogens is 144 g/mol. The van der Waals surface area contributed by atoms with Crippen molar-refractivity contribution in [2.75, 3.05) is 0 Å². The smallest absolute Gasteiger partial charge is 0.234 e. The van der Waals surface area contributed by atoms with Crippen LogP contribution in [0.4, 0.5) is 0 Å². The van der Waals surface area contributed by atoms with Gasteiger partial charge >= 0.3 is 0 Å². The molecule has 0 aromatic carbocycles. The topological polar surface area (TPSA) is 67.3 Å². The number of aromatic hydroxyl groups is 1. The molecule has 0 unspecified atom stereocenters. The fourth-order valence-electron chi connectivity index (χ4n) is 1.04. The summed E-state index contributed by atoms with van der Waals surface area (Å²) in [5, 5.41) is 10.6. The minimum Gasteiger partial charge on any atom is -0.492 e. The van der Waals surface area contributed by atoms with E-state index in [1.54, 1.807) is 23.3 Å². The van der Waals surface area contributed by atoms with Crippen molar-refractivity contribution < 1.29 is 5.11 Å². The Morgan fingerprint density at radius 1 is 1.55 bits per heavy atom. The number of fused-ring (bicyclic) bond motifs is 1. The van der Waals surface area contributed by atoms with Crippen LogP contribution in [-0.2, 0) is 6.54 Å². The number of hydrazine groups is 1. The van der Waals surface area contributed by atoms with Gasteiger partial charge in [0, 0.05) is 12.4 Å². The van der Waals surface area contributed by atoms with E-state index in [1.807, 2.05) is 0 Å². The van der Waals surface area contributed by atoms with E-state index in [-0.39, 0.29) is 5.88 Å². The van der Waals surface area contributed by atoms with Crippen molar-refractivity contribution in [2.45, 2.75) is 6.54 Å². The zero-order valence-electron chi connectivity index (χ0n) is 5.81. The van der Waals surface area contributed by atoms with Gasteiger partial charge in [0.1, 0.15) is 12.0 Å². The molecule has 0 radical (unpaired) electrons. The first-order valence-electron chi connectivity index (χ1n) is 3.21. The Kier molecular flexibility index (Phi) is 1.13. The molecule has 5 nitrogen and oxygen atoms in total. The molecule has 3 N–H and O–H groups in total. The largest absolute Gasteiger partial charge is 0.492 e. The second-order valence-corrected chi connectivity index (χ2v) is 2.39. The molecule has 0 fully saturated rings. The van der Waals surface area contributed by atoms with Crippen LogP contribution >= 0.6 is 0 Å². The summed E-state index contributed by atoms with van der Waals surface area (Å²) in [5.41, 5.74) is 0.718. The Morgan fingerprint density at radius 3 is 3.18 bits per heavy atom. The summed E-state index contributed by atoms with van der Waals surface area (Å²) in [4.78, 5) is 3.72. The van der Waals surface area contributed by atoms with E-state index in [1.165, 1.54) is 5.01 Å². The number of hydrogen-bond acceptors (Lipinski definition) is 4. The van der Waals surface area contributed by atoms with Crippen LogP contribution in [0.2, 0.25) is 0 Å². The average molecular weight is 152 g/mol. The maximum atomic E-state index is 9.17. The molecule has 2 heterocycles. The lowest BCUT2D eigenvalue weighted by atomic mass is 10.4. The van der Waals surface area contributed by atoms with E-state index >= 15 is 0 Å². The van der Waals surface area contributed by atoms with Crippen molar-refractivity contribution in [3.63, 3.8) is 0 Å². The van der Waals surface area contributed by atoms with Crippen molar-refractivity contribution in [1.82, 2.24) is 14.6 Å². The van der Waals surface area contributed by atoms with Gasteiger partial charge in [0.05, 0.1) is 6.54 Å². The Labute approximate surface area is 63.3 Å². The number of nitrogens with two attached hydrogens (primary N) is 1. The van der Waals surface area contributed by atoms with Gasteiger partial charge in [0.2, 0.25) is 5.88 Å². The van der Waals surface area contributed by atoms with Gasteiger partial charge in [0.25, 0.3) is 0 Å².